The van der Waals surface area contributed by atoms with Gasteiger partial charge in [-0.1, -0.05) is 40.6 Å². The molecule has 4 heterocycles. The molecule has 0 atom stereocenters. The monoisotopic (exact) mass is 566 g/mol. The van der Waals surface area contributed by atoms with Crippen molar-refractivity contribution in [1.29, 1.82) is 0 Å². The van der Waals surface area contributed by atoms with E-state index in [-0.39, 0.29) is 5.15 Å². The van der Waals surface area contributed by atoms with E-state index in [0.29, 0.717) is 55.2 Å². The summed E-state index contributed by atoms with van der Waals surface area (Å²) in [6.07, 6.45) is 5.22. The molecule has 192 valence electrons. The van der Waals surface area contributed by atoms with Gasteiger partial charge in [-0.2, -0.15) is 4.98 Å². The number of aromatic nitrogens is 5. The number of rotatable bonds is 7. The summed E-state index contributed by atoms with van der Waals surface area (Å²) in [4.78, 5) is 35.8. The molecule has 1 aromatic carbocycles. The highest BCUT2D eigenvalue weighted by Crippen LogP contribution is 2.34. The van der Waals surface area contributed by atoms with E-state index in [4.69, 9.17) is 32.7 Å². The molecule has 0 spiro atoms. The summed E-state index contributed by atoms with van der Waals surface area (Å²) < 4.78 is 10.7. The SMILES string of the molecule is COc1cc(Cc2cnc3nc(NC(=O)c4cnc(C)cc4-c4cc(Cl)ncc4OC)sc3n2)ccc1Cl. The van der Waals surface area contributed by atoms with Crippen molar-refractivity contribution in [2.24, 2.45) is 0 Å². The molecule has 4 aromatic heterocycles. The first kappa shape index (κ1) is 25.8. The minimum Gasteiger partial charge on any atom is -0.495 e. The Kier molecular flexibility index (Phi) is 7.37. The van der Waals surface area contributed by atoms with E-state index < -0.39 is 5.91 Å². The van der Waals surface area contributed by atoms with Crippen LogP contribution in [0.15, 0.2) is 48.9 Å². The van der Waals surface area contributed by atoms with Crippen LogP contribution in [0.2, 0.25) is 10.2 Å². The Labute approximate surface area is 231 Å². The van der Waals surface area contributed by atoms with Gasteiger partial charge in [-0.15, -0.1) is 0 Å². The molecule has 0 aliphatic carbocycles. The van der Waals surface area contributed by atoms with Gasteiger partial charge in [-0.25, -0.2) is 15.0 Å². The van der Waals surface area contributed by atoms with Gasteiger partial charge in [0.1, 0.15) is 16.7 Å². The van der Waals surface area contributed by atoms with E-state index in [0.717, 1.165) is 17.0 Å². The molecular formula is C26H20Cl2N6O3S. The largest absolute Gasteiger partial charge is 0.495 e. The molecule has 12 heteroatoms. The van der Waals surface area contributed by atoms with Crippen LogP contribution in [0, 0.1) is 6.92 Å². The van der Waals surface area contributed by atoms with Gasteiger partial charge in [-0.05, 0) is 36.8 Å². The summed E-state index contributed by atoms with van der Waals surface area (Å²) in [5.74, 6) is 0.681. The Morgan fingerprint density at radius 3 is 2.55 bits per heavy atom. The van der Waals surface area contributed by atoms with E-state index >= 15 is 0 Å². The fourth-order valence-electron chi connectivity index (χ4n) is 3.84. The Bertz CT molecular complexity index is 1680. The lowest BCUT2D eigenvalue weighted by Crippen LogP contribution is -2.14. The number of carbonyl (C=O) groups excluding carboxylic acids is 1. The maximum atomic E-state index is 13.3. The van der Waals surface area contributed by atoms with Crippen molar-refractivity contribution in [3.05, 3.63) is 81.6 Å². The number of methoxy groups -OCH3 is 2. The van der Waals surface area contributed by atoms with E-state index in [1.807, 2.05) is 19.1 Å². The number of anilines is 1. The topological polar surface area (TPSA) is 112 Å². The number of hydrogen-bond donors (Lipinski definition) is 1. The molecule has 1 amide bonds. The molecule has 0 aliphatic heterocycles. The second-order valence-corrected chi connectivity index (χ2v) is 9.96. The number of amides is 1. The van der Waals surface area contributed by atoms with Gasteiger partial charge in [0.25, 0.3) is 5.91 Å². The fraction of sp³-hybridized carbons (Fsp3) is 0.154. The van der Waals surface area contributed by atoms with Crippen LogP contribution in [-0.4, -0.2) is 45.0 Å². The van der Waals surface area contributed by atoms with Gasteiger partial charge < -0.3 is 9.47 Å². The van der Waals surface area contributed by atoms with E-state index in [9.17, 15) is 4.79 Å². The lowest BCUT2D eigenvalue weighted by atomic mass is 10.0. The van der Waals surface area contributed by atoms with Gasteiger partial charge in [0, 0.05) is 29.4 Å². The first-order valence-electron chi connectivity index (χ1n) is 11.3. The number of halogens is 2. The summed E-state index contributed by atoms with van der Waals surface area (Å²) in [6.45, 7) is 1.84. The summed E-state index contributed by atoms with van der Waals surface area (Å²) in [5.41, 5.74) is 4.44. The maximum absolute atomic E-state index is 13.3. The first-order valence-corrected chi connectivity index (χ1v) is 12.8. The van der Waals surface area contributed by atoms with Crippen molar-refractivity contribution in [2.75, 3.05) is 19.5 Å². The molecule has 0 bridgehead atoms. The normalized spacial score (nSPS) is 11.0. The van der Waals surface area contributed by atoms with Crippen LogP contribution in [0.1, 0.15) is 27.3 Å². The van der Waals surface area contributed by atoms with Gasteiger partial charge >= 0.3 is 0 Å². The number of aryl methyl sites for hydroxylation is 1. The molecule has 5 aromatic rings. The van der Waals surface area contributed by atoms with Crippen LogP contribution >= 0.6 is 34.5 Å². The van der Waals surface area contributed by atoms with Gasteiger partial charge in [0.2, 0.25) is 0 Å². The predicted molar refractivity (Wildman–Crippen MR) is 148 cm³/mol. The zero-order chi connectivity index (χ0) is 26.8. The fourth-order valence-corrected chi connectivity index (χ4v) is 5.00. The summed E-state index contributed by atoms with van der Waals surface area (Å²) in [6, 6.07) is 9.00. The second kappa shape index (κ2) is 10.9. The Hall–Kier alpha value is -3.86. The third-order valence-corrected chi connectivity index (χ3v) is 7.00. The molecule has 38 heavy (non-hydrogen) atoms. The molecule has 0 saturated carbocycles. The van der Waals surface area contributed by atoms with Crippen LogP contribution in [0.3, 0.4) is 0 Å². The number of pyridine rings is 2. The predicted octanol–water partition coefficient (Wildman–Crippen LogP) is 6.02. The Morgan fingerprint density at radius 1 is 0.947 bits per heavy atom. The van der Waals surface area contributed by atoms with Gasteiger partial charge in [0.15, 0.2) is 15.6 Å². The van der Waals surface area contributed by atoms with Crippen molar-refractivity contribution in [1.82, 2.24) is 24.9 Å². The number of nitrogens with zero attached hydrogens (tertiary/aromatic N) is 5. The van der Waals surface area contributed by atoms with Crippen LogP contribution in [-0.2, 0) is 6.42 Å². The number of nitrogens with one attached hydrogen (secondary N) is 1. The summed E-state index contributed by atoms with van der Waals surface area (Å²) in [5, 5.41) is 4.03. The Balaban J connectivity index is 1.42. The zero-order valence-electron chi connectivity index (χ0n) is 20.5. The minimum absolute atomic E-state index is 0.276. The standard InChI is InChI=1S/C26H20Cl2N6O3S/c1-13-6-16(17-9-22(28)30-12-21(17)37-3)18(11-29-13)24(35)34-26-33-23-25(38-26)32-15(10-31-23)7-14-4-5-19(27)20(8-14)36-2/h4-6,8-12H,7H2,1-3H3,(H,31,33,34,35). The Morgan fingerprint density at radius 2 is 1.76 bits per heavy atom. The number of benzene rings is 1. The minimum atomic E-state index is -0.393. The second-order valence-electron chi connectivity index (χ2n) is 8.19. The molecular weight excluding hydrogens is 547 g/mol. The highest BCUT2D eigenvalue weighted by molar-refractivity contribution is 7.21. The molecule has 0 saturated heterocycles. The average molecular weight is 567 g/mol. The first-order chi connectivity index (χ1) is 18.3. The zero-order valence-corrected chi connectivity index (χ0v) is 22.8. The molecule has 5 rings (SSSR count). The highest BCUT2D eigenvalue weighted by Gasteiger charge is 2.20. The van der Waals surface area contributed by atoms with E-state index in [1.54, 1.807) is 31.5 Å². The molecule has 0 radical (unpaired) electrons. The average Bonchev–Trinajstić information content (AvgIpc) is 3.31. The number of hydrogen-bond acceptors (Lipinski definition) is 9. The number of carbonyl (C=O) groups is 1. The lowest BCUT2D eigenvalue weighted by molar-refractivity contribution is 0.102. The summed E-state index contributed by atoms with van der Waals surface area (Å²) in [7, 11) is 3.10. The quantitative estimate of drug-likeness (QED) is 0.238. The van der Waals surface area contributed by atoms with E-state index in [2.05, 4.69) is 30.2 Å². The van der Waals surface area contributed by atoms with Gasteiger partial charge in [-0.3, -0.25) is 15.1 Å². The van der Waals surface area contributed by atoms with Crippen LogP contribution in [0.25, 0.3) is 21.6 Å². The van der Waals surface area contributed by atoms with Crippen molar-refractivity contribution in [3.8, 4) is 22.6 Å². The van der Waals surface area contributed by atoms with Gasteiger partial charge in [0.05, 0.1) is 42.9 Å². The number of thiazole rings is 1. The smallest absolute Gasteiger partial charge is 0.259 e. The molecule has 0 unspecified atom stereocenters. The van der Waals surface area contributed by atoms with Crippen molar-refractivity contribution < 1.29 is 14.3 Å². The molecule has 0 aliphatic rings. The van der Waals surface area contributed by atoms with Crippen LogP contribution < -0.4 is 14.8 Å². The molecule has 9 nitrogen and oxygen atoms in total. The van der Waals surface area contributed by atoms with Crippen LogP contribution in [0.4, 0.5) is 5.13 Å². The number of ether oxygens (including phenoxy) is 2. The van der Waals surface area contributed by atoms with E-state index in [1.165, 1.54) is 30.8 Å². The lowest BCUT2D eigenvalue weighted by Gasteiger charge is -2.13. The number of fused-ring (bicyclic) bond motifs is 1. The molecule has 0 fully saturated rings. The highest BCUT2D eigenvalue weighted by atomic mass is 35.5. The van der Waals surface area contributed by atoms with Crippen molar-refractivity contribution in [3.63, 3.8) is 0 Å². The third-order valence-electron chi connectivity index (χ3n) is 5.62. The maximum Gasteiger partial charge on any atom is 0.259 e. The van der Waals surface area contributed by atoms with Crippen molar-refractivity contribution >= 4 is 56.1 Å². The van der Waals surface area contributed by atoms with Crippen molar-refractivity contribution in [2.45, 2.75) is 13.3 Å². The summed E-state index contributed by atoms with van der Waals surface area (Å²) >= 11 is 13.5. The third kappa shape index (κ3) is 5.38. The molecule has 1 N–H and O–H groups in total. The van der Waals surface area contributed by atoms with Crippen LogP contribution in [0.5, 0.6) is 11.5 Å².